The van der Waals surface area contributed by atoms with Crippen LogP contribution < -0.4 is 10.9 Å². The summed E-state index contributed by atoms with van der Waals surface area (Å²) in [6.07, 6.45) is 0.409. The molecular weight excluding hydrogens is 320 g/mol. The SMILES string of the molecule is O=C(c1ccc(Cc2n[nH]c(=O)c3ccccc23)o1)N1CCNCC1. The minimum absolute atomic E-state index is 0.0907. The number of amides is 1. The fraction of sp³-hybridized carbons (Fsp3) is 0.278. The summed E-state index contributed by atoms with van der Waals surface area (Å²) in [5.74, 6) is 0.890. The maximum atomic E-state index is 12.5. The molecule has 128 valence electrons. The van der Waals surface area contributed by atoms with E-state index in [0.717, 1.165) is 18.5 Å². The zero-order valence-corrected chi connectivity index (χ0v) is 13.6. The molecule has 0 radical (unpaired) electrons. The van der Waals surface area contributed by atoms with Crippen molar-refractivity contribution in [2.24, 2.45) is 0 Å². The maximum Gasteiger partial charge on any atom is 0.289 e. The van der Waals surface area contributed by atoms with Gasteiger partial charge in [0.1, 0.15) is 5.76 Å². The number of carbonyl (C=O) groups is 1. The number of furan rings is 1. The number of carbonyl (C=O) groups excluding carboxylic acids is 1. The Morgan fingerprint density at radius 3 is 2.68 bits per heavy atom. The van der Waals surface area contributed by atoms with Crippen LogP contribution in [0.1, 0.15) is 22.0 Å². The lowest BCUT2D eigenvalue weighted by molar-refractivity contribution is 0.0702. The van der Waals surface area contributed by atoms with Crippen LogP contribution >= 0.6 is 0 Å². The van der Waals surface area contributed by atoms with E-state index in [1.54, 1.807) is 23.1 Å². The third-order valence-corrected chi connectivity index (χ3v) is 4.39. The number of fused-ring (bicyclic) bond motifs is 1. The Morgan fingerprint density at radius 1 is 1.12 bits per heavy atom. The molecular formula is C18H18N4O3. The minimum Gasteiger partial charge on any atom is -0.456 e. The first-order valence-electron chi connectivity index (χ1n) is 8.27. The van der Waals surface area contributed by atoms with Gasteiger partial charge in [-0.25, -0.2) is 5.10 Å². The minimum atomic E-state index is -0.214. The highest BCUT2D eigenvalue weighted by Crippen LogP contribution is 2.18. The molecule has 1 aliphatic heterocycles. The summed E-state index contributed by atoms with van der Waals surface area (Å²) in [4.78, 5) is 26.1. The first-order valence-corrected chi connectivity index (χ1v) is 8.27. The van der Waals surface area contributed by atoms with E-state index in [9.17, 15) is 9.59 Å². The number of piperazine rings is 1. The first-order chi connectivity index (χ1) is 12.2. The molecule has 1 aliphatic rings. The van der Waals surface area contributed by atoms with Gasteiger partial charge < -0.3 is 14.6 Å². The van der Waals surface area contributed by atoms with Crippen LogP contribution in [-0.4, -0.2) is 47.2 Å². The molecule has 4 rings (SSSR count). The zero-order chi connectivity index (χ0) is 17.2. The van der Waals surface area contributed by atoms with Crippen molar-refractivity contribution >= 4 is 16.7 Å². The van der Waals surface area contributed by atoms with Gasteiger partial charge in [-0.2, -0.15) is 5.10 Å². The molecule has 25 heavy (non-hydrogen) atoms. The highest BCUT2D eigenvalue weighted by molar-refractivity contribution is 5.91. The van der Waals surface area contributed by atoms with Gasteiger partial charge in [-0.1, -0.05) is 18.2 Å². The van der Waals surface area contributed by atoms with Crippen molar-refractivity contribution in [3.8, 4) is 0 Å². The van der Waals surface area contributed by atoms with Gasteiger partial charge in [-0.3, -0.25) is 9.59 Å². The topological polar surface area (TPSA) is 91.2 Å². The lowest BCUT2D eigenvalue weighted by atomic mass is 10.1. The van der Waals surface area contributed by atoms with E-state index in [-0.39, 0.29) is 11.5 Å². The molecule has 1 aromatic carbocycles. The van der Waals surface area contributed by atoms with Crippen LogP contribution in [0, 0.1) is 0 Å². The van der Waals surface area contributed by atoms with E-state index in [1.807, 2.05) is 18.2 Å². The van der Waals surface area contributed by atoms with Gasteiger partial charge in [0, 0.05) is 31.6 Å². The predicted octanol–water partition coefficient (Wildman–Crippen LogP) is 1.15. The molecule has 2 N–H and O–H groups in total. The van der Waals surface area contributed by atoms with Gasteiger partial charge in [0.15, 0.2) is 5.76 Å². The summed E-state index contributed by atoms with van der Waals surface area (Å²) in [7, 11) is 0. The number of nitrogens with zero attached hydrogens (tertiary/aromatic N) is 2. The molecule has 0 atom stereocenters. The van der Waals surface area contributed by atoms with Crippen LogP contribution in [0.3, 0.4) is 0 Å². The molecule has 0 unspecified atom stereocenters. The Kier molecular flexibility index (Phi) is 4.07. The molecule has 2 aromatic heterocycles. The number of benzene rings is 1. The third kappa shape index (κ3) is 3.06. The number of aromatic nitrogens is 2. The fourth-order valence-corrected chi connectivity index (χ4v) is 3.08. The Hall–Kier alpha value is -2.93. The molecule has 0 bridgehead atoms. The predicted molar refractivity (Wildman–Crippen MR) is 92.7 cm³/mol. The highest BCUT2D eigenvalue weighted by Gasteiger charge is 2.21. The maximum absolute atomic E-state index is 12.5. The average Bonchev–Trinajstić information content (AvgIpc) is 3.13. The number of hydrogen-bond donors (Lipinski definition) is 2. The molecule has 0 saturated carbocycles. The zero-order valence-electron chi connectivity index (χ0n) is 13.6. The lowest BCUT2D eigenvalue weighted by Crippen LogP contribution is -2.46. The van der Waals surface area contributed by atoms with Crippen molar-refractivity contribution < 1.29 is 9.21 Å². The van der Waals surface area contributed by atoms with E-state index < -0.39 is 0 Å². The van der Waals surface area contributed by atoms with E-state index in [4.69, 9.17) is 4.42 Å². The third-order valence-electron chi connectivity index (χ3n) is 4.39. The van der Waals surface area contributed by atoms with E-state index >= 15 is 0 Å². The summed E-state index contributed by atoms with van der Waals surface area (Å²) < 4.78 is 5.74. The summed E-state index contributed by atoms with van der Waals surface area (Å²) in [5, 5.41) is 11.3. The first kappa shape index (κ1) is 15.6. The van der Waals surface area contributed by atoms with Gasteiger partial charge in [0.25, 0.3) is 11.5 Å². The molecule has 7 nitrogen and oxygen atoms in total. The summed E-state index contributed by atoms with van der Waals surface area (Å²) in [5.41, 5.74) is 0.499. The van der Waals surface area contributed by atoms with Crippen LogP contribution in [0.25, 0.3) is 10.8 Å². The van der Waals surface area contributed by atoms with Gasteiger partial charge in [0.05, 0.1) is 17.5 Å². The van der Waals surface area contributed by atoms with Gasteiger partial charge in [-0.05, 0) is 18.2 Å². The van der Waals surface area contributed by atoms with Crippen LogP contribution in [0.15, 0.2) is 45.6 Å². The van der Waals surface area contributed by atoms with Gasteiger partial charge in [-0.15, -0.1) is 0 Å². The van der Waals surface area contributed by atoms with Gasteiger partial charge in [0.2, 0.25) is 0 Å². The summed E-state index contributed by atoms with van der Waals surface area (Å²) in [6.45, 7) is 2.96. The second-order valence-corrected chi connectivity index (χ2v) is 6.03. The standard InChI is InChI=1S/C18H18N4O3/c23-17-14-4-2-1-3-13(14)15(20-21-17)11-12-5-6-16(25-12)18(24)22-9-7-19-8-10-22/h1-6,19H,7-11H2,(H,21,23). The normalized spacial score (nSPS) is 14.8. The number of H-pyrrole nitrogens is 1. The molecule has 0 spiro atoms. The van der Waals surface area contributed by atoms with Crippen molar-refractivity contribution in [3.63, 3.8) is 0 Å². The number of hydrogen-bond acceptors (Lipinski definition) is 5. The van der Waals surface area contributed by atoms with E-state index in [2.05, 4.69) is 15.5 Å². The fourth-order valence-electron chi connectivity index (χ4n) is 3.08. The quantitative estimate of drug-likeness (QED) is 0.748. The molecule has 1 saturated heterocycles. The molecule has 1 fully saturated rings. The van der Waals surface area contributed by atoms with Crippen LogP contribution in [-0.2, 0) is 6.42 Å². The average molecular weight is 338 g/mol. The monoisotopic (exact) mass is 338 g/mol. The number of aromatic amines is 1. The van der Waals surface area contributed by atoms with Crippen molar-refractivity contribution in [1.82, 2.24) is 20.4 Å². The van der Waals surface area contributed by atoms with Crippen LogP contribution in [0.2, 0.25) is 0 Å². The van der Waals surface area contributed by atoms with Crippen LogP contribution in [0.4, 0.5) is 0 Å². The highest BCUT2D eigenvalue weighted by atomic mass is 16.4. The molecule has 3 heterocycles. The summed E-state index contributed by atoms with van der Waals surface area (Å²) in [6, 6.07) is 10.8. The second-order valence-electron chi connectivity index (χ2n) is 6.03. The molecule has 1 amide bonds. The van der Waals surface area contributed by atoms with E-state index in [0.29, 0.717) is 42.1 Å². The van der Waals surface area contributed by atoms with Crippen molar-refractivity contribution in [3.05, 3.63) is 64.0 Å². The molecule has 0 aliphatic carbocycles. The Labute approximate surface area is 143 Å². The van der Waals surface area contributed by atoms with Crippen molar-refractivity contribution in [1.29, 1.82) is 0 Å². The number of rotatable bonds is 3. The largest absolute Gasteiger partial charge is 0.456 e. The Bertz CT molecular complexity index is 970. The van der Waals surface area contributed by atoms with Crippen molar-refractivity contribution in [2.75, 3.05) is 26.2 Å². The molecule has 7 heteroatoms. The van der Waals surface area contributed by atoms with E-state index in [1.165, 1.54) is 0 Å². The lowest BCUT2D eigenvalue weighted by Gasteiger charge is -2.26. The smallest absolute Gasteiger partial charge is 0.289 e. The number of nitrogens with one attached hydrogen (secondary N) is 2. The van der Waals surface area contributed by atoms with Gasteiger partial charge >= 0.3 is 0 Å². The second kappa shape index (κ2) is 6.52. The Balaban J connectivity index is 1.58. The molecule has 3 aromatic rings. The summed E-state index contributed by atoms with van der Waals surface area (Å²) >= 11 is 0. The van der Waals surface area contributed by atoms with Crippen LogP contribution in [0.5, 0.6) is 0 Å². The Morgan fingerprint density at radius 2 is 1.88 bits per heavy atom. The van der Waals surface area contributed by atoms with Crippen molar-refractivity contribution in [2.45, 2.75) is 6.42 Å².